The molecule has 1 N–H and O–H groups in total. The molecule has 2 aromatic heterocycles. The normalized spacial score (nSPS) is 11.3. The molecule has 0 unspecified atom stereocenters. The van der Waals surface area contributed by atoms with Gasteiger partial charge in [0.2, 0.25) is 5.82 Å². The first kappa shape index (κ1) is 27.7. The minimum absolute atomic E-state index is 0.0289. The number of ether oxygens (including phenoxy) is 2. The molecule has 0 saturated heterocycles. The summed E-state index contributed by atoms with van der Waals surface area (Å²) in [5.74, 6) is -0.245. The Bertz CT molecular complexity index is 2060. The van der Waals surface area contributed by atoms with Gasteiger partial charge >= 0.3 is 0 Å². The first-order valence-electron chi connectivity index (χ1n) is 13.0. The summed E-state index contributed by atoms with van der Waals surface area (Å²) in [6.45, 7) is -0.448. The Hall–Kier alpha value is -5.48. The number of nitrogens with zero attached hydrogens (tertiary/aromatic N) is 3. The molecule has 0 spiro atoms. The first-order valence-corrected chi connectivity index (χ1v) is 13.4. The molecule has 0 radical (unpaired) electrons. The third-order valence-electron chi connectivity index (χ3n) is 6.47. The summed E-state index contributed by atoms with van der Waals surface area (Å²) in [7, 11) is 1.41. The van der Waals surface area contributed by atoms with Crippen LogP contribution in [0.3, 0.4) is 0 Å². The number of halogens is 2. The molecule has 0 aliphatic heterocycles. The topological polar surface area (TPSA) is 108 Å². The SMILES string of the molecule is COc1cc(C=Nn2c(-c3cc4ccccc4o3)nc3ccccc3c2=O)cc(Cl)c1OCC(=O)Nc1ccccc1F. The van der Waals surface area contributed by atoms with E-state index < -0.39 is 23.9 Å². The van der Waals surface area contributed by atoms with Gasteiger partial charge in [-0.25, -0.2) is 9.37 Å². The van der Waals surface area contributed by atoms with Crippen LogP contribution in [-0.2, 0) is 4.79 Å². The predicted octanol–water partition coefficient (Wildman–Crippen LogP) is 6.51. The number of fused-ring (bicyclic) bond motifs is 2. The molecule has 6 aromatic rings. The number of rotatable bonds is 8. The van der Waals surface area contributed by atoms with E-state index in [0.717, 1.165) is 10.1 Å². The molecule has 11 heteroatoms. The standard InChI is InChI=1S/C32H22ClFN4O5/c1-41-27-15-19(14-22(33)30(27)42-18-29(39)36-25-12-6-4-10-23(25)34)17-35-38-31(28-16-20-8-2-7-13-26(20)43-28)37-24-11-5-3-9-21(24)32(38)40/h2-17H,18H2,1H3,(H,36,39). The monoisotopic (exact) mass is 596 g/mol. The van der Waals surface area contributed by atoms with Crippen LogP contribution in [0.2, 0.25) is 5.02 Å². The van der Waals surface area contributed by atoms with Crippen LogP contribution in [0.4, 0.5) is 10.1 Å². The van der Waals surface area contributed by atoms with Crippen LogP contribution >= 0.6 is 11.6 Å². The molecule has 43 heavy (non-hydrogen) atoms. The molecule has 214 valence electrons. The van der Waals surface area contributed by atoms with Gasteiger partial charge in [0.25, 0.3) is 11.5 Å². The molecular formula is C32H22ClFN4O5. The lowest BCUT2D eigenvalue weighted by Crippen LogP contribution is -2.21. The van der Waals surface area contributed by atoms with E-state index in [4.69, 9.17) is 25.5 Å². The average molecular weight is 597 g/mol. The highest BCUT2D eigenvalue weighted by Gasteiger charge is 2.18. The van der Waals surface area contributed by atoms with Crippen LogP contribution in [0.25, 0.3) is 33.5 Å². The molecule has 4 aromatic carbocycles. The number of para-hydroxylation sites is 3. The van der Waals surface area contributed by atoms with Gasteiger partial charge in [-0.15, -0.1) is 0 Å². The zero-order valence-corrected chi connectivity index (χ0v) is 23.3. The first-order chi connectivity index (χ1) is 20.9. The van der Waals surface area contributed by atoms with Gasteiger partial charge < -0.3 is 19.2 Å². The molecule has 6 rings (SSSR count). The Kier molecular flexibility index (Phi) is 7.59. The Balaban J connectivity index is 1.31. The fourth-order valence-electron chi connectivity index (χ4n) is 4.45. The van der Waals surface area contributed by atoms with Gasteiger partial charge in [0.05, 0.1) is 34.9 Å². The number of nitrogens with one attached hydrogen (secondary N) is 1. The highest BCUT2D eigenvalue weighted by molar-refractivity contribution is 6.32. The lowest BCUT2D eigenvalue weighted by molar-refractivity contribution is -0.118. The number of anilines is 1. The van der Waals surface area contributed by atoms with Crippen LogP contribution in [0.5, 0.6) is 11.5 Å². The third-order valence-corrected chi connectivity index (χ3v) is 6.75. The second-order valence-corrected chi connectivity index (χ2v) is 9.72. The van der Waals surface area contributed by atoms with E-state index in [0.29, 0.717) is 27.8 Å². The Morgan fingerprint density at radius 3 is 2.65 bits per heavy atom. The molecule has 0 aliphatic rings. The van der Waals surface area contributed by atoms with Gasteiger partial charge in [0.1, 0.15) is 11.4 Å². The molecular weight excluding hydrogens is 575 g/mol. The maximum atomic E-state index is 13.9. The minimum Gasteiger partial charge on any atom is -0.493 e. The van der Waals surface area contributed by atoms with Crippen molar-refractivity contribution in [2.24, 2.45) is 5.10 Å². The molecule has 2 heterocycles. The second-order valence-electron chi connectivity index (χ2n) is 9.31. The van der Waals surface area contributed by atoms with Gasteiger partial charge in [-0.05, 0) is 54.1 Å². The lowest BCUT2D eigenvalue weighted by Gasteiger charge is -2.13. The minimum atomic E-state index is -0.588. The quantitative estimate of drug-likeness (QED) is 0.201. The van der Waals surface area contributed by atoms with Crippen molar-refractivity contribution < 1.29 is 23.1 Å². The van der Waals surface area contributed by atoms with E-state index in [9.17, 15) is 14.0 Å². The largest absolute Gasteiger partial charge is 0.493 e. The smallest absolute Gasteiger partial charge is 0.282 e. The van der Waals surface area contributed by atoms with E-state index in [1.54, 1.807) is 42.5 Å². The van der Waals surface area contributed by atoms with Crippen molar-refractivity contribution in [2.45, 2.75) is 0 Å². The number of methoxy groups -OCH3 is 1. The van der Waals surface area contributed by atoms with Gasteiger partial charge in [-0.2, -0.15) is 9.78 Å². The fraction of sp³-hybridized carbons (Fsp3) is 0.0625. The highest BCUT2D eigenvalue weighted by atomic mass is 35.5. The highest BCUT2D eigenvalue weighted by Crippen LogP contribution is 2.36. The Morgan fingerprint density at radius 2 is 1.84 bits per heavy atom. The predicted molar refractivity (Wildman–Crippen MR) is 163 cm³/mol. The van der Waals surface area contributed by atoms with Crippen molar-refractivity contribution in [3.63, 3.8) is 0 Å². The van der Waals surface area contributed by atoms with Gasteiger partial charge in [0, 0.05) is 5.39 Å². The third kappa shape index (κ3) is 5.68. The van der Waals surface area contributed by atoms with Crippen LogP contribution in [0.1, 0.15) is 5.56 Å². The summed E-state index contributed by atoms with van der Waals surface area (Å²) in [6.07, 6.45) is 1.42. The number of furan rings is 1. The van der Waals surface area contributed by atoms with Crippen molar-refractivity contribution in [1.29, 1.82) is 0 Å². The van der Waals surface area contributed by atoms with Gasteiger partial charge in [0.15, 0.2) is 23.9 Å². The summed E-state index contributed by atoms with van der Waals surface area (Å²) in [4.78, 5) is 30.6. The average Bonchev–Trinajstić information content (AvgIpc) is 3.45. The number of benzene rings is 4. The van der Waals surface area contributed by atoms with Crippen molar-refractivity contribution >= 4 is 51.3 Å². The summed E-state index contributed by atoms with van der Waals surface area (Å²) in [6, 6.07) is 25.1. The number of hydrogen-bond acceptors (Lipinski definition) is 7. The molecule has 0 bridgehead atoms. The molecule has 0 aliphatic carbocycles. The van der Waals surface area contributed by atoms with Gasteiger partial charge in [-0.1, -0.05) is 54.1 Å². The van der Waals surface area contributed by atoms with Crippen LogP contribution < -0.4 is 20.3 Å². The van der Waals surface area contributed by atoms with E-state index in [1.807, 2.05) is 24.3 Å². The Morgan fingerprint density at radius 1 is 1.07 bits per heavy atom. The van der Waals surface area contributed by atoms with Crippen LogP contribution in [0, 0.1) is 5.82 Å². The van der Waals surface area contributed by atoms with Crippen molar-refractivity contribution in [3.05, 3.63) is 118 Å². The summed E-state index contributed by atoms with van der Waals surface area (Å²) >= 11 is 6.49. The molecule has 0 saturated carbocycles. The number of aromatic nitrogens is 2. The summed E-state index contributed by atoms with van der Waals surface area (Å²) in [5, 5.41) is 8.25. The van der Waals surface area contributed by atoms with E-state index in [1.165, 1.54) is 37.6 Å². The van der Waals surface area contributed by atoms with E-state index in [-0.39, 0.29) is 28.0 Å². The summed E-state index contributed by atoms with van der Waals surface area (Å²) < 4.78 is 32.1. The molecule has 0 atom stereocenters. The maximum Gasteiger partial charge on any atom is 0.282 e. The number of carbonyl (C=O) groups is 1. The molecule has 9 nitrogen and oxygen atoms in total. The second kappa shape index (κ2) is 11.8. The van der Waals surface area contributed by atoms with E-state index >= 15 is 0 Å². The van der Waals surface area contributed by atoms with Crippen molar-refractivity contribution in [2.75, 3.05) is 19.0 Å². The van der Waals surface area contributed by atoms with Crippen molar-refractivity contribution in [3.8, 4) is 23.1 Å². The summed E-state index contributed by atoms with van der Waals surface area (Å²) in [5.41, 5.74) is 1.25. The molecule has 0 fully saturated rings. The number of amides is 1. The van der Waals surface area contributed by atoms with E-state index in [2.05, 4.69) is 15.4 Å². The zero-order chi connectivity index (χ0) is 29.9. The van der Waals surface area contributed by atoms with Crippen molar-refractivity contribution in [1.82, 2.24) is 9.66 Å². The zero-order valence-electron chi connectivity index (χ0n) is 22.6. The Labute approximate surface area is 248 Å². The van der Waals surface area contributed by atoms with Gasteiger partial charge in [-0.3, -0.25) is 9.59 Å². The fourth-order valence-corrected chi connectivity index (χ4v) is 4.72. The maximum absolute atomic E-state index is 13.9. The van der Waals surface area contributed by atoms with Crippen LogP contribution in [0.15, 0.2) is 105 Å². The van der Waals surface area contributed by atoms with Crippen LogP contribution in [-0.4, -0.2) is 35.5 Å². The molecule has 1 amide bonds. The number of carbonyl (C=O) groups excluding carboxylic acids is 1. The lowest BCUT2D eigenvalue weighted by atomic mass is 10.2. The number of hydrogen-bond donors (Lipinski definition) is 1.